The number of amides is 1. The Balaban J connectivity index is 2.41. The number of rotatable bonds is 3. The van der Waals surface area contributed by atoms with Gasteiger partial charge in [-0.05, 0) is 38.9 Å². The van der Waals surface area contributed by atoms with Crippen LogP contribution in [-0.2, 0) is 4.79 Å². The van der Waals surface area contributed by atoms with E-state index in [1.807, 2.05) is 4.90 Å². The highest BCUT2D eigenvalue weighted by Crippen LogP contribution is 2.33. The number of hydrogen-bond donors (Lipinski definition) is 0. The molecule has 3 heteroatoms. The summed E-state index contributed by atoms with van der Waals surface area (Å²) in [7, 11) is 4.20. The molecule has 0 N–H and O–H groups in total. The van der Waals surface area contributed by atoms with Gasteiger partial charge >= 0.3 is 0 Å². The lowest BCUT2D eigenvalue weighted by atomic mass is 9.86. The standard InChI is InChI=1S/C11H22N2O/c1-10(14)13-8-6-11(2,9-13)5-7-12(3)4/h5-9H2,1-4H3. The first-order chi connectivity index (χ1) is 6.43. The Morgan fingerprint density at radius 3 is 2.57 bits per heavy atom. The highest BCUT2D eigenvalue weighted by Gasteiger charge is 2.34. The van der Waals surface area contributed by atoms with Crippen LogP contribution in [0.5, 0.6) is 0 Å². The summed E-state index contributed by atoms with van der Waals surface area (Å²) in [6, 6.07) is 0. The minimum Gasteiger partial charge on any atom is -0.342 e. The monoisotopic (exact) mass is 198 g/mol. The van der Waals surface area contributed by atoms with Gasteiger partial charge in [-0.3, -0.25) is 4.79 Å². The summed E-state index contributed by atoms with van der Waals surface area (Å²) in [6.45, 7) is 6.95. The van der Waals surface area contributed by atoms with E-state index in [4.69, 9.17) is 0 Å². The maximum absolute atomic E-state index is 11.2. The summed E-state index contributed by atoms with van der Waals surface area (Å²) in [5.74, 6) is 0.221. The lowest BCUT2D eigenvalue weighted by molar-refractivity contribution is -0.128. The van der Waals surface area contributed by atoms with Crippen LogP contribution < -0.4 is 0 Å². The van der Waals surface area contributed by atoms with Crippen LogP contribution in [0.4, 0.5) is 0 Å². The zero-order valence-corrected chi connectivity index (χ0v) is 9.84. The number of carbonyl (C=O) groups excluding carboxylic acids is 1. The number of nitrogens with zero attached hydrogens (tertiary/aromatic N) is 2. The van der Waals surface area contributed by atoms with Gasteiger partial charge in [0.2, 0.25) is 5.91 Å². The van der Waals surface area contributed by atoms with Crippen molar-refractivity contribution in [3.63, 3.8) is 0 Å². The molecule has 1 unspecified atom stereocenters. The molecule has 1 saturated heterocycles. The summed E-state index contributed by atoms with van der Waals surface area (Å²) in [5.41, 5.74) is 0.343. The third-order valence-corrected chi connectivity index (χ3v) is 3.17. The van der Waals surface area contributed by atoms with Gasteiger partial charge in [-0.15, -0.1) is 0 Å². The van der Waals surface area contributed by atoms with E-state index in [1.54, 1.807) is 6.92 Å². The fourth-order valence-corrected chi connectivity index (χ4v) is 1.99. The molecular formula is C11H22N2O. The molecule has 0 aliphatic carbocycles. The zero-order valence-electron chi connectivity index (χ0n) is 9.84. The number of hydrogen-bond acceptors (Lipinski definition) is 2. The van der Waals surface area contributed by atoms with Gasteiger partial charge in [-0.25, -0.2) is 0 Å². The molecule has 0 spiro atoms. The van der Waals surface area contributed by atoms with Crippen molar-refractivity contribution in [1.29, 1.82) is 0 Å². The van der Waals surface area contributed by atoms with Crippen molar-refractivity contribution >= 4 is 5.91 Å². The average molecular weight is 198 g/mol. The molecule has 0 saturated carbocycles. The third kappa shape index (κ3) is 2.98. The molecule has 1 rings (SSSR count). The molecule has 3 nitrogen and oxygen atoms in total. The molecule has 82 valence electrons. The van der Waals surface area contributed by atoms with Crippen molar-refractivity contribution in [3.05, 3.63) is 0 Å². The first-order valence-electron chi connectivity index (χ1n) is 5.33. The molecule has 0 bridgehead atoms. The third-order valence-electron chi connectivity index (χ3n) is 3.17. The molecule has 0 radical (unpaired) electrons. The van der Waals surface area contributed by atoms with Crippen LogP contribution in [0, 0.1) is 5.41 Å². The van der Waals surface area contributed by atoms with E-state index < -0.39 is 0 Å². The van der Waals surface area contributed by atoms with Gasteiger partial charge in [0.05, 0.1) is 0 Å². The van der Waals surface area contributed by atoms with Gasteiger partial charge in [0.25, 0.3) is 0 Å². The molecule has 1 atom stereocenters. The van der Waals surface area contributed by atoms with E-state index in [-0.39, 0.29) is 5.91 Å². The van der Waals surface area contributed by atoms with Crippen LogP contribution in [0.1, 0.15) is 26.7 Å². The summed E-state index contributed by atoms with van der Waals surface area (Å²) in [4.78, 5) is 15.4. The van der Waals surface area contributed by atoms with E-state index in [0.29, 0.717) is 5.41 Å². The molecule has 1 heterocycles. The predicted molar refractivity (Wildman–Crippen MR) is 58.1 cm³/mol. The van der Waals surface area contributed by atoms with Gasteiger partial charge in [0, 0.05) is 20.0 Å². The van der Waals surface area contributed by atoms with Crippen molar-refractivity contribution in [2.24, 2.45) is 5.41 Å². The van der Waals surface area contributed by atoms with Crippen LogP contribution in [0.3, 0.4) is 0 Å². The molecule has 1 aliphatic rings. The normalized spacial score (nSPS) is 27.4. The predicted octanol–water partition coefficient (Wildman–Crippen LogP) is 1.20. The first-order valence-corrected chi connectivity index (χ1v) is 5.33. The van der Waals surface area contributed by atoms with Crippen LogP contribution in [0.25, 0.3) is 0 Å². The fourth-order valence-electron chi connectivity index (χ4n) is 1.99. The van der Waals surface area contributed by atoms with E-state index in [1.165, 1.54) is 6.42 Å². The Bertz CT molecular complexity index is 215. The zero-order chi connectivity index (χ0) is 10.8. The van der Waals surface area contributed by atoms with Crippen LogP contribution >= 0.6 is 0 Å². The van der Waals surface area contributed by atoms with Crippen LogP contribution in [0.15, 0.2) is 0 Å². The molecule has 0 aromatic heterocycles. The van der Waals surface area contributed by atoms with Crippen LogP contribution in [-0.4, -0.2) is 49.4 Å². The van der Waals surface area contributed by atoms with Crippen molar-refractivity contribution in [3.8, 4) is 0 Å². The van der Waals surface area contributed by atoms with E-state index in [2.05, 4.69) is 25.9 Å². The molecule has 14 heavy (non-hydrogen) atoms. The maximum Gasteiger partial charge on any atom is 0.219 e. The minimum absolute atomic E-state index is 0.221. The highest BCUT2D eigenvalue weighted by molar-refractivity contribution is 5.73. The smallest absolute Gasteiger partial charge is 0.219 e. The van der Waals surface area contributed by atoms with Gasteiger partial charge in [-0.1, -0.05) is 6.92 Å². The van der Waals surface area contributed by atoms with Crippen molar-refractivity contribution in [2.45, 2.75) is 26.7 Å². The lowest BCUT2D eigenvalue weighted by Crippen LogP contribution is -2.30. The molecule has 1 amide bonds. The molecular weight excluding hydrogens is 176 g/mol. The Hall–Kier alpha value is -0.570. The molecule has 1 aliphatic heterocycles. The Kier molecular flexibility index (Phi) is 3.53. The minimum atomic E-state index is 0.221. The molecule has 0 aromatic rings. The van der Waals surface area contributed by atoms with Crippen molar-refractivity contribution in [1.82, 2.24) is 9.80 Å². The number of carbonyl (C=O) groups is 1. The van der Waals surface area contributed by atoms with Gasteiger partial charge in [-0.2, -0.15) is 0 Å². The van der Waals surface area contributed by atoms with Gasteiger partial charge in [0.15, 0.2) is 0 Å². The lowest BCUT2D eigenvalue weighted by Gasteiger charge is -2.25. The van der Waals surface area contributed by atoms with E-state index in [9.17, 15) is 4.79 Å². The quantitative estimate of drug-likeness (QED) is 0.680. The molecule has 1 fully saturated rings. The highest BCUT2D eigenvalue weighted by atomic mass is 16.2. The van der Waals surface area contributed by atoms with Gasteiger partial charge in [0.1, 0.15) is 0 Å². The topological polar surface area (TPSA) is 23.6 Å². The molecule has 0 aromatic carbocycles. The largest absolute Gasteiger partial charge is 0.342 e. The summed E-state index contributed by atoms with van der Waals surface area (Å²) >= 11 is 0. The second-order valence-corrected chi connectivity index (χ2v) is 5.05. The Morgan fingerprint density at radius 2 is 2.14 bits per heavy atom. The second kappa shape index (κ2) is 4.30. The summed E-state index contributed by atoms with van der Waals surface area (Å²) in [6.07, 6.45) is 2.34. The Labute approximate surface area is 87.1 Å². The van der Waals surface area contributed by atoms with E-state index in [0.717, 1.165) is 26.1 Å². The summed E-state index contributed by atoms with van der Waals surface area (Å²) < 4.78 is 0. The SMILES string of the molecule is CC(=O)N1CCC(C)(CCN(C)C)C1. The van der Waals surface area contributed by atoms with Crippen molar-refractivity contribution in [2.75, 3.05) is 33.7 Å². The van der Waals surface area contributed by atoms with Crippen LogP contribution in [0.2, 0.25) is 0 Å². The first kappa shape index (κ1) is 11.5. The summed E-state index contributed by atoms with van der Waals surface area (Å²) in [5, 5.41) is 0. The maximum atomic E-state index is 11.2. The second-order valence-electron chi connectivity index (χ2n) is 5.05. The van der Waals surface area contributed by atoms with E-state index >= 15 is 0 Å². The Morgan fingerprint density at radius 1 is 1.50 bits per heavy atom. The fraction of sp³-hybridized carbons (Fsp3) is 0.909. The van der Waals surface area contributed by atoms with Gasteiger partial charge < -0.3 is 9.80 Å². The van der Waals surface area contributed by atoms with Crippen molar-refractivity contribution < 1.29 is 4.79 Å². The number of likely N-dealkylation sites (tertiary alicyclic amines) is 1. The average Bonchev–Trinajstić information content (AvgIpc) is 2.46.